The lowest BCUT2D eigenvalue weighted by Crippen LogP contribution is -2.51. The Bertz CT molecular complexity index is 1170. The lowest BCUT2D eigenvalue weighted by molar-refractivity contribution is -0.152. The fraction of sp³-hybridized carbons (Fsp3) is 0.350. The second-order valence-electron chi connectivity index (χ2n) is 6.89. The van der Waals surface area contributed by atoms with Crippen LogP contribution in [0.2, 0.25) is 0 Å². The second kappa shape index (κ2) is 7.27. The van der Waals surface area contributed by atoms with Crippen LogP contribution in [0.5, 0.6) is 5.75 Å². The van der Waals surface area contributed by atoms with E-state index in [1.165, 1.54) is 25.2 Å². The van der Waals surface area contributed by atoms with E-state index in [1.54, 1.807) is 14.0 Å². The molecule has 0 fully saturated rings. The van der Waals surface area contributed by atoms with Gasteiger partial charge in [0.2, 0.25) is 0 Å². The SMILES string of the molecule is CCOC(=O)C(C)(C)n1c(=O)[nH]c2scc(-c3ccc(OC)c(C)c3)c2c1=O. The number of methoxy groups -OCH3 is 1. The van der Waals surface area contributed by atoms with Gasteiger partial charge in [-0.25, -0.2) is 14.2 Å². The van der Waals surface area contributed by atoms with Crippen LogP contribution < -0.4 is 16.0 Å². The molecule has 3 rings (SSSR count). The number of carbonyl (C=O) groups is 1. The highest BCUT2D eigenvalue weighted by molar-refractivity contribution is 7.17. The summed E-state index contributed by atoms with van der Waals surface area (Å²) in [5.74, 6) is 0.108. The molecule has 0 aliphatic heterocycles. The first-order chi connectivity index (χ1) is 13.2. The number of benzene rings is 1. The molecule has 0 saturated carbocycles. The summed E-state index contributed by atoms with van der Waals surface area (Å²) in [5, 5.41) is 2.19. The maximum atomic E-state index is 13.3. The molecule has 0 aliphatic carbocycles. The zero-order chi connectivity index (χ0) is 20.6. The van der Waals surface area contributed by atoms with E-state index in [0.717, 1.165) is 21.4 Å². The first-order valence-corrected chi connectivity index (χ1v) is 9.69. The number of aryl methyl sites for hydroxylation is 1. The Balaban J connectivity index is 2.27. The van der Waals surface area contributed by atoms with Gasteiger partial charge in [0.15, 0.2) is 0 Å². The molecule has 0 bridgehead atoms. The third-order valence-electron chi connectivity index (χ3n) is 4.67. The standard InChI is InChI=1S/C20H22N2O5S/c1-6-27-18(24)20(3,4)22-17(23)15-13(10-28-16(15)21-19(22)25)12-7-8-14(26-5)11(2)9-12/h7-10H,6H2,1-5H3,(H,21,25). The van der Waals surface area contributed by atoms with Gasteiger partial charge in [0.1, 0.15) is 16.1 Å². The van der Waals surface area contributed by atoms with Crippen LogP contribution in [0, 0.1) is 6.92 Å². The molecule has 1 aromatic carbocycles. The lowest BCUT2D eigenvalue weighted by atomic mass is 10.0. The fourth-order valence-corrected chi connectivity index (χ4v) is 4.14. The Morgan fingerprint density at radius 3 is 2.61 bits per heavy atom. The number of hydrogen-bond donors (Lipinski definition) is 1. The van der Waals surface area contributed by atoms with Crippen LogP contribution in [-0.4, -0.2) is 29.2 Å². The van der Waals surface area contributed by atoms with Gasteiger partial charge in [0.25, 0.3) is 5.56 Å². The third kappa shape index (κ3) is 3.13. The number of ether oxygens (including phenoxy) is 2. The number of aromatic nitrogens is 2. The molecule has 0 radical (unpaired) electrons. The second-order valence-corrected chi connectivity index (χ2v) is 7.77. The number of thiophene rings is 1. The van der Waals surface area contributed by atoms with E-state index in [-0.39, 0.29) is 6.61 Å². The Morgan fingerprint density at radius 2 is 2.00 bits per heavy atom. The minimum Gasteiger partial charge on any atom is -0.496 e. The van der Waals surface area contributed by atoms with Crippen molar-refractivity contribution in [3.8, 4) is 16.9 Å². The van der Waals surface area contributed by atoms with Crippen molar-refractivity contribution in [2.24, 2.45) is 0 Å². The van der Waals surface area contributed by atoms with Crippen molar-refractivity contribution in [3.05, 3.63) is 50.0 Å². The molecule has 0 saturated heterocycles. The molecule has 0 aliphatic rings. The van der Waals surface area contributed by atoms with E-state index in [9.17, 15) is 14.4 Å². The predicted octanol–water partition coefficient (Wildman–Crippen LogP) is 3.03. The average molecular weight is 402 g/mol. The van der Waals surface area contributed by atoms with Gasteiger partial charge in [-0.15, -0.1) is 11.3 Å². The van der Waals surface area contributed by atoms with Gasteiger partial charge in [0.05, 0.1) is 19.1 Å². The predicted molar refractivity (Wildman–Crippen MR) is 109 cm³/mol. The molecule has 8 heteroatoms. The topological polar surface area (TPSA) is 90.4 Å². The van der Waals surface area contributed by atoms with Crippen LogP contribution in [0.4, 0.5) is 0 Å². The molecule has 28 heavy (non-hydrogen) atoms. The molecule has 0 spiro atoms. The molecule has 148 valence electrons. The number of nitrogens with zero attached hydrogens (tertiary/aromatic N) is 1. The molecule has 0 amide bonds. The van der Waals surface area contributed by atoms with Gasteiger partial charge in [-0.3, -0.25) is 9.78 Å². The highest BCUT2D eigenvalue weighted by Crippen LogP contribution is 2.33. The molecule has 2 aromatic heterocycles. The highest BCUT2D eigenvalue weighted by Gasteiger charge is 2.35. The van der Waals surface area contributed by atoms with Crippen molar-refractivity contribution in [1.29, 1.82) is 0 Å². The summed E-state index contributed by atoms with van der Waals surface area (Å²) in [5.41, 5.74) is -0.161. The minimum atomic E-state index is -1.44. The van der Waals surface area contributed by atoms with E-state index in [0.29, 0.717) is 15.8 Å². The average Bonchev–Trinajstić information content (AvgIpc) is 3.05. The van der Waals surface area contributed by atoms with Crippen LogP contribution in [0.25, 0.3) is 21.3 Å². The lowest BCUT2D eigenvalue weighted by Gasteiger charge is -2.24. The zero-order valence-electron chi connectivity index (χ0n) is 16.4. The Kier molecular flexibility index (Phi) is 5.16. The third-order valence-corrected chi connectivity index (χ3v) is 5.57. The molecule has 2 heterocycles. The maximum Gasteiger partial charge on any atom is 0.332 e. The summed E-state index contributed by atoms with van der Waals surface area (Å²) < 4.78 is 11.3. The monoisotopic (exact) mass is 402 g/mol. The van der Waals surface area contributed by atoms with Crippen LogP contribution in [0.1, 0.15) is 26.3 Å². The van der Waals surface area contributed by atoms with Gasteiger partial charge >= 0.3 is 11.7 Å². The highest BCUT2D eigenvalue weighted by atomic mass is 32.1. The van der Waals surface area contributed by atoms with Gasteiger partial charge < -0.3 is 9.47 Å². The minimum absolute atomic E-state index is 0.159. The molecule has 1 N–H and O–H groups in total. The van der Waals surface area contributed by atoms with E-state index in [4.69, 9.17) is 9.47 Å². The van der Waals surface area contributed by atoms with Crippen molar-refractivity contribution in [2.75, 3.05) is 13.7 Å². The first-order valence-electron chi connectivity index (χ1n) is 8.81. The van der Waals surface area contributed by atoms with Crippen molar-refractivity contribution in [2.45, 2.75) is 33.2 Å². The number of fused-ring (bicyclic) bond motifs is 1. The Hall–Kier alpha value is -2.87. The number of hydrogen-bond acceptors (Lipinski definition) is 6. The quantitative estimate of drug-likeness (QED) is 0.663. The van der Waals surface area contributed by atoms with E-state index in [2.05, 4.69) is 4.98 Å². The summed E-state index contributed by atoms with van der Waals surface area (Å²) >= 11 is 1.27. The zero-order valence-corrected chi connectivity index (χ0v) is 17.2. The van der Waals surface area contributed by atoms with Crippen molar-refractivity contribution >= 4 is 27.5 Å². The van der Waals surface area contributed by atoms with E-state index in [1.807, 2.05) is 30.5 Å². The molecular formula is C20H22N2O5S. The van der Waals surface area contributed by atoms with Gasteiger partial charge in [-0.1, -0.05) is 6.07 Å². The molecule has 0 atom stereocenters. The number of carbonyl (C=O) groups excluding carboxylic acids is 1. The van der Waals surface area contributed by atoms with Gasteiger partial charge in [0, 0.05) is 10.9 Å². The number of rotatable bonds is 5. The summed E-state index contributed by atoms with van der Waals surface area (Å²) in [7, 11) is 1.60. The smallest absolute Gasteiger partial charge is 0.332 e. The molecular weight excluding hydrogens is 380 g/mol. The summed E-state index contributed by atoms with van der Waals surface area (Å²) in [6.07, 6.45) is 0. The van der Waals surface area contributed by atoms with Crippen LogP contribution in [0.15, 0.2) is 33.2 Å². The summed E-state index contributed by atoms with van der Waals surface area (Å²) in [4.78, 5) is 41.4. The normalized spacial score (nSPS) is 11.6. The number of esters is 1. The first kappa shape index (κ1) is 19.9. The molecule has 3 aromatic rings. The molecule has 0 unspecified atom stereocenters. The number of nitrogens with one attached hydrogen (secondary N) is 1. The van der Waals surface area contributed by atoms with E-state index < -0.39 is 22.8 Å². The summed E-state index contributed by atoms with van der Waals surface area (Å²) in [6, 6.07) is 5.62. The molecule has 7 nitrogen and oxygen atoms in total. The summed E-state index contributed by atoms with van der Waals surface area (Å²) in [6.45, 7) is 6.74. The number of H-pyrrole nitrogens is 1. The fourth-order valence-electron chi connectivity index (χ4n) is 3.18. The number of aromatic amines is 1. The van der Waals surface area contributed by atoms with Crippen molar-refractivity contribution < 1.29 is 14.3 Å². The van der Waals surface area contributed by atoms with E-state index >= 15 is 0 Å². The Labute approximate surface area is 165 Å². The largest absolute Gasteiger partial charge is 0.496 e. The Morgan fingerprint density at radius 1 is 1.29 bits per heavy atom. The van der Waals surface area contributed by atoms with Gasteiger partial charge in [-0.05, 0) is 51.0 Å². The van der Waals surface area contributed by atoms with Crippen LogP contribution in [-0.2, 0) is 15.1 Å². The van der Waals surface area contributed by atoms with Crippen LogP contribution >= 0.6 is 11.3 Å². The van der Waals surface area contributed by atoms with Gasteiger partial charge in [-0.2, -0.15) is 0 Å². The van der Waals surface area contributed by atoms with Crippen molar-refractivity contribution in [1.82, 2.24) is 9.55 Å². The van der Waals surface area contributed by atoms with Crippen LogP contribution in [0.3, 0.4) is 0 Å². The van der Waals surface area contributed by atoms with Crippen molar-refractivity contribution in [3.63, 3.8) is 0 Å². The maximum absolute atomic E-state index is 13.3.